The fraction of sp³-hybridized carbons (Fsp3) is 0.318. The number of nitro groups is 2. The number of quaternary nitrogens is 1. The molecule has 3 aromatic carbocycles. The second-order valence-corrected chi connectivity index (χ2v) is 18.6. The maximum absolute atomic E-state index is 12.3. The number of hydrogen-bond acceptors (Lipinski definition) is 15. The zero-order valence-corrected chi connectivity index (χ0v) is 40.3. The van der Waals surface area contributed by atoms with Crippen molar-refractivity contribution in [2.75, 3.05) is 6.54 Å². The number of nitrogens with one attached hydrogen (secondary N) is 1. The Bertz CT molecular complexity index is 2670. The summed E-state index contributed by atoms with van der Waals surface area (Å²) in [6, 6.07) is 13.1. The van der Waals surface area contributed by atoms with E-state index >= 15 is 0 Å². The summed E-state index contributed by atoms with van der Waals surface area (Å²) >= 11 is 0.787. The summed E-state index contributed by atoms with van der Waals surface area (Å²) in [4.78, 5) is 63.8. The summed E-state index contributed by atoms with van der Waals surface area (Å²) in [6.45, 7) is 8.44. The number of hydroxylamine groups is 2. The Morgan fingerprint density at radius 2 is 1.52 bits per heavy atom. The zero-order valence-electron chi connectivity index (χ0n) is 36.7. The van der Waals surface area contributed by atoms with Gasteiger partial charge in [0.15, 0.2) is 5.71 Å². The quantitative estimate of drug-likeness (QED) is 0.0173. The molecule has 66 heavy (non-hydrogen) atoms. The molecule has 1 atom stereocenters. The van der Waals surface area contributed by atoms with Gasteiger partial charge < -0.3 is 14.6 Å². The predicted molar refractivity (Wildman–Crippen MR) is 230 cm³/mol. The number of unbranched alkanes of at least 4 members (excludes halogenated alkanes) is 2. The van der Waals surface area contributed by atoms with E-state index in [0.717, 1.165) is 35.1 Å². The Balaban J connectivity index is 0.00000817. The van der Waals surface area contributed by atoms with Gasteiger partial charge >= 0.3 is 35.5 Å². The maximum atomic E-state index is 12.3. The second-order valence-electron chi connectivity index (χ2n) is 16.4. The van der Waals surface area contributed by atoms with Gasteiger partial charge in [-0.1, -0.05) is 30.4 Å². The van der Waals surface area contributed by atoms with Crippen LogP contribution in [0.4, 0.5) is 22.7 Å². The molecule has 1 fully saturated rings. The Morgan fingerprint density at radius 1 is 0.864 bits per heavy atom. The van der Waals surface area contributed by atoms with Crippen LogP contribution in [0.2, 0.25) is 0 Å². The van der Waals surface area contributed by atoms with Crippen LogP contribution in [-0.4, -0.2) is 62.5 Å². The van der Waals surface area contributed by atoms with Crippen molar-refractivity contribution in [1.29, 1.82) is 0 Å². The summed E-state index contributed by atoms with van der Waals surface area (Å²) in [5.74, 6) is -1.72. The van der Waals surface area contributed by atoms with E-state index in [0.29, 0.717) is 63.2 Å². The van der Waals surface area contributed by atoms with Crippen molar-refractivity contribution in [1.82, 2.24) is 5.06 Å². The first-order valence-electron chi connectivity index (χ1n) is 20.3. The number of benzene rings is 3. The summed E-state index contributed by atoms with van der Waals surface area (Å²) < 4.78 is 42.8. The molecule has 3 heterocycles. The van der Waals surface area contributed by atoms with Crippen LogP contribution < -0.4 is 39.7 Å². The molecule has 6 rings (SSSR count). The van der Waals surface area contributed by atoms with E-state index in [1.165, 1.54) is 30.3 Å². The molecule has 342 valence electrons. The molecule has 0 spiro atoms. The van der Waals surface area contributed by atoms with E-state index in [1.54, 1.807) is 24.3 Å². The number of hydrogen-bond donors (Lipinski definition) is 1. The third kappa shape index (κ3) is 11.7. The third-order valence-corrected chi connectivity index (χ3v) is 12.9. The van der Waals surface area contributed by atoms with E-state index in [4.69, 9.17) is 4.84 Å². The molecule has 0 saturated carbocycles. The molecule has 0 aromatic heterocycles. The molecular formula is C44H45N5NaO14S2+. The zero-order chi connectivity index (χ0) is 47.3. The molecule has 0 bridgehead atoms. The number of nitrogens with zero attached hydrogens (tertiary/aromatic N) is 4. The van der Waals surface area contributed by atoms with Crippen molar-refractivity contribution in [2.45, 2.75) is 93.4 Å². The average molecular weight is 955 g/mol. The average Bonchev–Trinajstić information content (AvgIpc) is 3.76. The number of non-ortho nitro benzene ring substituents is 2. The molecular weight excluding hydrogens is 910 g/mol. The van der Waals surface area contributed by atoms with Crippen molar-refractivity contribution in [3.05, 3.63) is 140 Å². The second kappa shape index (κ2) is 21.6. The van der Waals surface area contributed by atoms with Gasteiger partial charge in [-0.15, -0.1) is 5.06 Å². The van der Waals surface area contributed by atoms with E-state index in [2.05, 4.69) is 27.8 Å². The minimum absolute atomic E-state index is 0. The van der Waals surface area contributed by atoms with Crippen LogP contribution >= 0.6 is 12.0 Å². The van der Waals surface area contributed by atoms with Gasteiger partial charge in [0.25, 0.3) is 23.2 Å². The predicted octanol–water partition coefficient (Wildman–Crippen LogP) is 2.45. The topological polar surface area (TPSA) is 256 Å². The molecule has 22 heteroatoms. The van der Waals surface area contributed by atoms with Gasteiger partial charge in [0.05, 0.1) is 43.7 Å². The largest absolute Gasteiger partial charge is 1.00 e. The molecule has 0 radical (unpaired) electrons. The van der Waals surface area contributed by atoms with Gasteiger partial charge in [-0.25, -0.2) is 13.2 Å². The van der Waals surface area contributed by atoms with Crippen LogP contribution in [-0.2, 0) is 56.1 Å². The molecule has 3 aromatic rings. The van der Waals surface area contributed by atoms with E-state index in [1.807, 2.05) is 50.3 Å². The SMILES string of the molecule is CC1(C)C(/C=C/C=C/C=C/C=C2/[NH+](Cc3cc([N+](=O)[O-])cc([N+](=O)[O-])c3)c3ccc(S(=O)(=O)[O-])cc3C2(C)C)=[N+](CCCCCC(=O)ON2C(=O)CCC2=O)c2ccc(SOO[O-])cc21.[Na+]. The number of allylic oxidation sites excluding steroid dienone is 8. The number of fused-ring (bicyclic) bond motifs is 2. The van der Waals surface area contributed by atoms with Gasteiger partial charge in [0.1, 0.15) is 34.6 Å². The van der Waals surface area contributed by atoms with Crippen LogP contribution in [0.5, 0.6) is 0 Å². The van der Waals surface area contributed by atoms with Crippen molar-refractivity contribution in [3.8, 4) is 0 Å². The maximum Gasteiger partial charge on any atom is 1.00 e. The Hall–Kier alpha value is -5.20. The minimum Gasteiger partial charge on any atom is -0.744 e. The fourth-order valence-corrected chi connectivity index (χ4v) is 9.20. The summed E-state index contributed by atoms with van der Waals surface area (Å²) in [6.07, 6.45) is 14.7. The molecule has 2 amide bonds. The van der Waals surface area contributed by atoms with Crippen LogP contribution in [0.3, 0.4) is 0 Å². The first-order valence-corrected chi connectivity index (χ1v) is 22.5. The first kappa shape index (κ1) is 51.8. The van der Waals surface area contributed by atoms with Gasteiger partial charge in [-0.05, 0) is 70.9 Å². The molecule has 1 N–H and O–H groups in total. The smallest absolute Gasteiger partial charge is 0.744 e. The van der Waals surface area contributed by atoms with Crippen molar-refractivity contribution < 1.29 is 95.7 Å². The Morgan fingerprint density at radius 3 is 2.15 bits per heavy atom. The number of nitro benzene ring substituents is 2. The molecule has 1 saturated heterocycles. The van der Waals surface area contributed by atoms with Crippen LogP contribution in [0.25, 0.3) is 0 Å². The molecule has 19 nitrogen and oxygen atoms in total. The molecule has 1 unspecified atom stereocenters. The van der Waals surface area contributed by atoms with Crippen molar-refractivity contribution in [2.24, 2.45) is 0 Å². The fourth-order valence-electron chi connectivity index (χ4n) is 8.31. The monoisotopic (exact) mass is 954 g/mol. The van der Waals surface area contributed by atoms with Gasteiger partial charge in [-0.3, -0.25) is 39.8 Å². The van der Waals surface area contributed by atoms with Crippen LogP contribution in [0.15, 0.2) is 113 Å². The Labute approximate surface area is 406 Å². The van der Waals surface area contributed by atoms with Gasteiger partial charge in [0.2, 0.25) is 5.69 Å². The minimum atomic E-state index is -4.80. The number of amides is 2. The van der Waals surface area contributed by atoms with Gasteiger partial charge in [-0.2, -0.15) is 8.91 Å². The Kier molecular flexibility index (Phi) is 17.0. The number of rotatable bonds is 19. The normalized spacial score (nSPS) is 18.2. The number of carbonyl (C=O) groups is 3. The van der Waals surface area contributed by atoms with Crippen molar-refractivity contribution >= 4 is 68.4 Å². The van der Waals surface area contributed by atoms with Gasteiger partial charge in [0, 0.05) is 77.6 Å². The third-order valence-electron chi connectivity index (χ3n) is 11.5. The van der Waals surface area contributed by atoms with Crippen LogP contribution in [0, 0.1) is 20.2 Å². The standard InChI is InChI=1S/C44H45N5O14S2.Na/c1-43(2)34-26-32(64-63-62-57)16-18-36(34)45(22-12-8-11-15-42(52)61-47-40(50)20-21-41(47)51)38(43)13-9-6-5-7-10-14-39-44(3,4)35-27-33(65(58,59)60)17-19-37(35)46(39)28-29-23-30(48(53)54)25-31(24-29)49(55)56;/h5-7,9-10,13-14,16-19,23-27H,8,11-12,15,20-22,28H2,1-4H3,(H-,57,58,59,60);/q;+1. The molecule has 0 aliphatic carbocycles. The molecule has 3 aliphatic heterocycles. The first-order chi connectivity index (χ1) is 30.7. The molecule has 3 aliphatic rings. The van der Waals surface area contributed by atoms with Crippen molar-refractivity contribution in [3.63, 3.8) is 0 Å². The summed E-state index contributed by atoms with van der Waals surface area (Å²) in [5.41, 5.74) is 2.76. The summed E-state index contributed by atoms with van der Waals surface area (Å²) in [7, 11) is -4.80. The number of carbonyl (C=O) groups excluding carboxylic acids is 3. The van der Waals surface area contributed by atoms with E-state index in [9.17, 15) is 52.8 Å². The van der Waals surface area contributed by atoms with E-state index in [-0.39, 0.29) is 55.4 Å². The van der Waals surface area contributed by atoms with Crippen LogP contribution in [0.1, 0.15) is 82.9 Å². The number of imide groups is 1. The van der Waals surface area contributed by atoms with E-state index < -0.39 is 64.8 Å². The summed E-state index contributed by atoms with van der Waals surface area (Å²) in [5, 5.41) is 38.0.